The summed E-state index contributed by atoms with van der Waals surface area (Å²) in [6, 6.07) is -1.38. The quantitative estimate of drug-likeness (QED) is 0.0369. The van der Waals surface area contributed by atoms with Crippen molar-refractivity contribution in [2.24, 2.45) is 0 Å². The van der Waals surface area contributed by atoms with Gasteiger partial charge in [-0.15, -0.1) is 0 Å². The molecule has 0 aromatic carbocycles. The molecule has 0 aliphatic rings. The molecule has 0 radical (unpaired) electrons. The molecule has 0 spiro atoms. The van der Waals surface area contributed by atoms with Gasteiger partial charge in [0.05, 0.1) is 13.2 Å². The Bertz CT molecular complexity index is 823. The molecule has 50 heavy (non-hydrogen) atoms. The molecule has 2 amide bonds. The summed E-state index contributed by atoms with van der Waals surface area (Å²) in [4.78, 5) is 47.4. The van der Waals surface area contributed by atoms with E-state index in [0.717, 1.165) is 57.8 Å². The Morgan fingerprint density at radius 1 is 0.520 bits per heavy atom. The van der Waals surface area contributed by atoms with Gasteiger partial charge in [0, 0.05) is 12.8 Å². The Balaban J connectivity index is 4.25. The number of ether oxygens (including phenoxy) is 1. The minimum absolute atomic E-state index is 0.00245. The van der Waals surface area contributed by atoms with Crippen molar-refractivity contribution in [3.8, 4) is 0 Å². The Kier molecular flexibility index (Phi) is 35.0. The smallest absolute Gasteiger partial charge is 0.328 e. The van der Waals surface area contributed by atoms with E-state index in [2.05, 4.69) is 24.5 Å². The molecule has 0 saturated heterocycles. The Morgan fingerprint density at radius 2 is 0.900 bits per heavy atom. The number of carbonyl (C=O) groups excluding carboxylic acids is 3. The van der Waals surface area contributed by atoms with E-state index in [9.17, 15) is 19.2 Å². The summed E-state index contributed by atoms with van der Waals surface area (Å²) in [6.45, 7) is 3.49. The molecule has 9 heteroatoms. The van der Waals surface area contributed by atoms with E-state index in [0.29, 0.717) is 19.3 Å². The normalized spacial score (nSPS) is 12.4. The molecular weight excluding hydrogens is 632 g/mol. The van der Waals surface area contributed by atoms with Crippen molar-refractivity contribution in [1.29, 1.82) is 0 Å². The molecule has 0 fully saturated rings. The van der Waals surface area contributed by atoms with Gasteiger partial charge in [-0.25, -0.2) is 4.79 Å². The van der Waals surface area contributed by atoms with Crippen molar-refractivity contribution in [3.05, 3.63) is 0 Å². The molecule has 2 atom stereocenters. The number of nitrogens with one attached hydrogen (secondary N) is 2. The molecule has 0 saturated carbocycles. The topological polar surface area (TPSA) is 142 Å². The predicted molar refractivity (Wildman–Crippen MR) is 204 cm³/mol. The van der Waals surface area contributed by atoms with Gasteiger partial charge in [0.2, 0.25) is 11.8 Å². The van der Waals surface area contributed by atoms with Crippen LogP contribution in [0.4, 0.5) is 0 Å². The molecule has 0 aromatic rings. The van der Waals surface area contributed by atoms with Crippen LogP contribution >= 0.6 is 0 Å². The summed E-state index contributed by atoms with van der Waals surface area (Å²) in [5.74, 6) is -2.27. The van der Waals surface area contributed by atoms with Crippen LogP contribution in [-0.2, 0) is 23.9 Å². The molecule has 2 unspecified atom stereocenters. The van der Waals surface area contributed by atoms with Gasteiger partial charge in [0.15, 0.2) is 0 Å². The van der Waals surface area contributed by atoms with Crippen molar-refractivity contribution in [2.45, 2.75) is 225 Å². The Hall–Kier alpha value is -2.16. The zero-order valence-corrected chi connectivity index (χ0v) is 32.4. The zero-order valence-electron chi connectivity index (χ0n) is 32.4. The number of aliphatic hydroxyl groups excluding tert-OH is 1. The zero-order chi connectivity index (χ0) is 36.9. The van der Waals surface area contributed by atoms with Crippen LogP contribution in [-0.4, -0.2) is 59.3 Å². The van der Waals surface area contributed by atoms with Gasteiger partial charge in [-0.1, -0.05) is 162 Å². The molecular formula is C41H78N2O7. The van der Waals surface area contributed by atoms with Gasteiger partial charge in [-0.3, -0.25) is 14.4 Å². The Morgan fingerprint density at radius 3 is 1.30 bits per heavy atom. The fourth-order valence-electron chi connectivity index (χ4n) is 6.36. The predicted octanol–water partition coefficient (Wildman–Crippen LogP) is 9.71. The molecule has 4 N–H and O–H groups in total. The second-order valence-electron chi connectivity index (χ2n) is 14.4. The number of amides is 2. The van der Waals surface area contributed by atoms with Gasteiger partial charge in [0.1, 0.15) is 12.1 Å². The summed E-state index contributed by atoms with van der Waals surface area (Å²) in [5, 5.41) is 22.5. The van der Waals surface area contributed by atoms with Gasteiger partial charge in [0.25, 0.3) is 0 Å². The number of hydrogen-bond donors (Lipinski definition) is 4. The molecule has 0 heterocycles. The number of unbranched alkanes of at least 4 members (excludes halogenated alkanes) is 24. The lowest BCUT2D eigenvalue weighted by Gasteiger charge is -2.18. The van der Waals surface area contributed by atoms with Crippen molar-refractivity contribution < 1.29 is 34.1 Å². The SMILES string of the molecule is CCCCCCCCCCCCCCC(=O)OC(CCCCCCCCCCCC)CCCCCCCC(=O)NCC(=O)NC(CO)C(=O)O. The highest BCUT2D eigenvalue weighted by Gasteiger charge is 2.19. The maximum absolute atomic E-state index is 12.7. The molecule has 294 valence electrons. The lowest BCUT2D eigenvalue weighted by atomic mass is 10.0. The van der Waals surface area contributed by atoms with Crippen molar-refractivity contribution in [3.63, 3.8) is 0 Å². The monoisotopic (exact) mass is 711 g/mol. The van der Waals surface area contributed by atoms with Crippen LogP contribution in [0.2, 0.25) is 0 Å². The van der Waals surface area contributed by atoms with Crippen LogP contribution in [0.25, 0.3) is 0 Å². The van der Waals surface area contributed by atoms with Crippen LogP contribution in [0.15, 0.2) is 0 Å². The van der Waals surface area contributed by atoms with Crippen LogP contribution in [0.5, 0.6) is 0 Å². The number of aliphatic hydroxyl groups is 1. The standard InChI is InChI=1S/C41H78N2O7/c1-3-5-7-9-11-13-15-16-18-20-25-29-33-40(47)50-36(30-26-22-19-17-14-12-10-8-6-4-2)31-27-23-21-24-28-32-38(45)42-34-39(46)43-37(35-44)41(48)49/h36-37,44H,3-35H2,1-2H3,(H,42,45)(H,43,46)(H,48,49). The summed E-state index contributed by atoms with van der Waals surface area (Å²) in [7, 11) is 0. The number of rotatable bonds is 38. The van der Waals surface area contributed by atoms with E-state index in [1.807, 2.05) is 0 Å². The highest BCUT2D eigenvalue weighted by molar-refractivity contribution is 5.87. The van der Waals surface area contributed by atoms with E-state index >= 15 is 0 Å². The molecule has 0 aliphatic carbocycles. The van der Waals surface area contributed by atoms with Crippen LogP contribution in [0.3, 0.4) is 0 Å². The second-order valence-corrected chi connectivity index (χ2v) is 14.4. The van der Waals surface area contributed by atoms with E-state index in [4.69, 9.17) is 14.9 Å². The van der Waals surface area contributed by atoms with Gasteiger partial charge in [-0.2, -0.15) is 0 Å². The third-order valence-electron chi connectivity index (χ3n) is 9.60. The average molecular weight is 711 g/mol. The van der Waals surface area contributed by atoms with E-state index in [1.165, 1.54) is 122 Å². The van der Waals surface area contributed by atoms with Crippen LogP contribution < -0.4 is 10.6 Å². The summed E-state index contributed by atoms with van der Waals surface area (Å²) in [6.07, 6.45) is 35.5. The first kappa shape index (κ1) is 47.8. The molecule has 0 rings (SSSR count). The lowest BCUT2D eigenvalue weighted by molar-refractivity contribution is -0.150. The lowest BCUT2D eigenvalue weighted by Crippen LogP contribution is -2.47. The molecule has 0 bridgehead atoms. The van der Waals surface area contributed by atoms with Gasteiger partial charge < -0.3 is 25.6 Å². The fraction of sp³-hybridized carbons (Fsp3) is 0.902. The van der Waals surface area contributed by atoms with Crippen LogP contribution in [0, 0.1) is 0 Å². The molecule has 9 nitrogen and oxygen atoms in total. The largest absolute Gasteiger partial charge is 0.480 e. The number of carboxylic acid groups (broad SMARTS) is 1. The highest BCUT2D eigenvalue weighted by atomic mass is 16.5. The number of esters is 1. The summed E-state index contributed by atoms with van der Waals surface area (Å²) < 4.78 is 6.01. The van der Waals surface area contributed by atoms with Crippen LogP contribution in [0.1, 0.15) is 213 Å². The first-order valence-corrected chi connectivity index (χ1v) is 20.9. The molecule has 0 aromatic heterocycles. The van der Waals surface area contributed by atoms with Gasteiger partial charge in [-0.05, 0) is 38.5 Å². The molecule has 0 aliphatic heterocycles. The minimum atomic E-state index is -1.38. The number of carbonyl (C=O) groups is 4. The summed E-state index contributed by atoms with van der Waals surface area (Å²) in [5.41, 5.74) is 0. The van der Waals surface area contributed by atoms with Crippen molar-refractivity contribution in [2.75, 3.05) is 13.2 Å². The number of carboxylic acids is 1. The second kappa shape index (κ2) is 36.6. The fourth-order valence-corrected chi connectivity index (χ4v) is 6.36. The highest BCUT2D eigenvalue weighted by Crippen LogP contribution is 2.19. The third-order valence-corrected chi connectivity index (χ3v) is 9.60. The van der Waals surface area contributed by atoms with E-state index in [1.54, 1.807) is 0 Å². The Labute approximate surface area is 306 Å². The summed E-state index contributed by atoms with van der Waals surface area (Å²) >= 11 is 0. The maximum Gasteiger partial charge on any atom is 0.328 e. The minimum Gasteiger partial charge on any atom is -0.480 e. The number of aliphatic carboxylic acids is 1. The van der Waals surface area contributed by atoms with Crippen molar-refractivity contribution in [1.82, 2.24) is 10.6 Å². The number of hydrogen-bond acceptors (Lipinski definition) is 6. The third kappa shape index (κ3) is 33.0. The van der Waals surface area contributed by atoms with Crippen molar-refractivity contribution >= 4 is 23.8 Å². The van der Waals surface area contributed by atoms with E-state index in [-0.39, 0.29) is 24.5 Å². The average Bonchev–Trinajstić information content (AvgIpc) is 3.10. The first-order valence-electron chi connectivity index (χ1n) is 20.9. The maximum atomic E-state index is 12.7. The van der Waals surface area contributed by atoms with Gasteiger partial charge >= 0.3 is 11.9 Å². The first-order chi connectivity index (χ1) is 24.3. The van der Waals surface area contributed by atoms with E-state index < -0.39 is 24.5 Å².